The Morgan fingerprint density at radius 2 is 1.78 bits per heavy atom. The number of ether oxygens (including phenoxy) is 1. The molecule has 0 atom stereocenters. The molecule has 0 bridgehead atoms. The molecule has 0 spiro atoms. The van der Waals surface area contributed by atoms with Gasteiger partial charge < -0.3 is 9.84 Å². The normalized spacial score (nSPS) is 10.1. The molecule has 0 saturated heterocycles. The van der Waals surface area contributed by atoms with Crippen LogP contribution in [0.5, 0.6) is 11.5 Å². The second kappa shape index (κ2) is 5.29. The summed E-state index contributed by atoms with van der Waals surface area (Å²) < 4.78 is 5.49. The highest BCUT2D eigenvalue weighted by Gasteiger charge is 2.13. The Labute approximate surface area is 114 Å². The first-order valence-electron chi connectivity index (χ1n) is 5.03. The number of para-hydroxylation sites is 1. The topological polar surface area (TPSA) is 46.5 Å². The van der Waals surface area contributed by atoms with Crippen molar-refractivity contribution in [2.24, 2.45) is 0 Å². The predicted octanol–water partition coefficient (Wildman–Crippen LogP) is 4.48. The van der Waals surface area contributed by atoms with Gasteiger partial charge in [-0.05, 0) is 30.3 Å². The van der Waals surface area contributed by atoms with Crippen LogP contribution in [0.3, 0.4) is 0 Å². The van der Waals surface area contributed by atoms with Crippen LogP contribution in [0.1, 0.15) is 10.4 Å². The van der Waals surface area contributed by atoms with E-state index in [-0.39, 0.29) is 11.3 Å². The van der Waals surface area contributed by atoms with E-state index in [0.717, 1.165) is 0 Å². The fourth-order valence-corrected chi connectivity index (χ4v) is 1.75. The molecule has 1 N–H and O–H groups in total. The number of hydrogen-bond donors (Lipinski definition) is 1. The van der Waals surface area contributed by atoms with Crippen molar-refractivity contribution in [1.82, 2.24) is 0 Å². The highest BCUT2D eigenvalue weighted by molar-refractivity contribution is 6.32. The van der Waals surface area contributed by atoms with Gasteiger partial charge in [0.2, 0.25) is 0 Å². The van der Waals surface area contributed by atoms with Crippen LogP contribution in [0, 0.1) is 0 Å². The largest absolute Gasteiger partial charge is 0.478 e. The van der Waals surface area contributed by atoms with Crippen molar-refractivity contribution in [3.63, 3.8) is 0 Å². The fourth-order valence-electron chi connectivity index (χ4n) is 1.40. The average Bonchev–Trinajstić information content (AvgIpc) is 2.34. The van der Waals surface area contributed by atoms with Gasteiger partial charge in [-0.1, -0.05) is 35.3 Å². The SMILES string of the molecule is O=C(O)c1cc(Cl)ccc1Oc1ccccc1Cl. The van der Waals surface area contributed by atoms with Crippen molar-refractivity contribution >= 4 is 29.2 Å². The lowest BCUT2D eigenvalue weighted by Crippen LogP contribution is -2.00. The fraction of sp³-hybridized carbons (Fsp3) is 0. The van der Waals surface area contributed by atoms with E-state index in [1.54, 1.807) is 30.3 Å². The number of carboxylic acids is 1. The summed E-state index contributed by atoms with van der Waals surface area (Å²) in [6.07, 6.45) is 0. The van der Waals surface area contributed by atoms with E-state index in [0.29, 0.717) is 15.8 Å². The van der Waals surface area contributed by atoms with Gasteiger partial charge in [-0.3, -0.25) is 0 Å². The lowest BCUT2D eigenvalue weighted by molar-refractivity contribution is 0.0694. The van der Waals surface area contributed by atoms with Crippen LogP contribution in [0.2, 0.25) is 10.0 Å². The highest BCUT2D eigenvalue weighted by atomic mass is 35.5. The number of hydrogen-bond acceptors (Lipinski definition) is 2. The van der Waals surface area contributed by atoms with Gasteiger partial charge in [0.05, 0.1) is 5.02 Å². The molecule has 92 valence electrons. The Morgan fingerprint density at radius 3 is 2.44 bits per heavy atom. The van der Waals surface area contributed by atoms with Gasteiger partial charge in [-0.15, -0.1) is 0 Å². The Balaban J connectivity index is 2.41. The van der Waals surface area contributed by atoms with E-state index in [9.17, 15) is 4.79 Å². The van der Waals surface area contributed by atoms with Gasteiger partial charge in [-0.2, -0.15) is 0 Å². The number of carboxylic acid groups (broad SMARTS) is 1. The number of benzene rings is 2. The molecule has 0 aliphatic rings. The van der Waals surface area contributed by atoms with E-state index in [1.165, 1.54) is 12.1 Å². The Kier molecular flexibility index (Phi) is 3.75. The summed E-state index contributed by atoms with van der Waals surface area (Å²) in [5.74, 6) is -0.524. The van der Waals surface area contributed by atoms with Gasteiger partial charge in [0, 0.05) is 5.02 Å². The van der Waals surface area contributed by atoms with Crippen LogP contribution in [-0.4, -0.2) is 11.1 Å². The van der Waals surface area contributed by atoms with Gasteiger partial charge >= 0.3 is 5.97 Å². The quantitative estimate of drug-likeness (QED) is 0.903. The summed E-state index contributed by atoms with van der Waals surface area (Å²) in [5, 5.41) is 9.80. The summed E-state index contributed by atoms with van der Waals surface area (Å²) in [4.78, 5) is 11.1. The molecule has 2 rings (SSSR count). The first-order valence-corrected chi connectivity index (χ1v) is 5.79. The van der Waals surface area contributed by atoms with Crippen molar-refractivity contribution in [1.29, 1.82) is 0 Å². The van der Waals surface area contributed by atoms with E-state index in [1.807, 2.05) is 0 Å². The summed E-state index contributed by atoms with van der Waals surface area (Å²) in [6.45, 7) is 0. The van der Waals surface area contributed by atoms with Crippen LogP contribution in [0.25, 0.3) is 0 Å². The van der Waals surface area contributed by atoms with Gasteiger partial charge in [0.15, 0.2) is 0 Å². The second-order valence-corrected chi connectivity index (χ2v) is 4.32. The predicted molar refractivity (Wildman–Crippen MR) is 69.9 cm³/mol. The molecule has 0 saturated carbocycles. The maximum absolute atomic E-state index is 11.1. The number of rotatable bonds is 3. The molecule has 0 fully saturated rings. The molecule has 0 unspecified atom stereocenters. The molecule has 18 heavy (non-hydrogen) atoms. The minimum absolute atomic E-state index is 0.0116. The zero-order valence-corrected chi connectivity index (χ0v) is 10.6. The molecule has 0 heterocycles. The summed E-state index contributed by atoms with van der Waals surface area (Å²) >= 11 is 11.7. The lowest BCUT2D eigenvalue weighted by Gasteiger charge is -2.10. The highest BCUT2D eigenvalue weighted by Crippen LogP contribution is 2.32. The summed E-state index contributed by atoms with van der Waals surface area (Å²) in [7, 11) is 0. The third-order valence-corrected chi connectivity index (χ3v) is 2.78. The average molecular weight is 283 g/mol. The third-order valence-electron chi connectivity index (χ3n) is 2.23. The van der Waals surface area contributed by atoms with Crippen molar-refractivity contribution in [3.8, 4) is 11.5 Å². The van der Waals surface area contributed by atoms with E-state index >= 15 is 0 Å². The first kappa shape index (κ1) is 12.7. The van der Waals surface area contributed by atoms with Crippen LogP contribution in [0.15, 0.2) is 42.5 Å². The van der Waals surface area contributed by atoms with Gasteiger partial charge in [0.25, 0.3) is 0 Å². The Bertz CT molecular complexity index is 597. The molecule has 0 aromatic heterocycles. The van der Waals surface area contributed by atoms with Crippen molar-refractivity contribution < 1.29 is 14.6 Å². The van der Waals surface area contributed by atoms with Crippen molar-refractivity contribution in [2.45, 2.75) is 0 Å². The molecule has 5 heteroatoms. The smallest absolute Gasteiger partial charge is 0.339 e. The maximum atomic E-state index is 11.1. The molecule has 3 nitrogen and oxygen atoms in total. The van der Waals surface area contributed by atoms with Crippen LogP contribution < -0.4 is 4.74 Å². The molecular weight excluding hydrogens is 275 g/mol. The molecule has 0 aliphatic heterocycles. The minimum atomic E-state index is -1.11. The molecule has 0 aliphatic carbocycles. The van der Waals surface area contributed by atoms with Crippen LogP contribution >= 0.6 is 23.2 Å². The molecule has 0 radical (unpaired) electrons. The molecule has 0 amide bonds. The summed E-state index contributed by atoms with van der Waals surface area (Å²) in [6, 6.07) is 11.2. The third kappa shape index (κ3) is 2.75. The number of halogens is 2. The zero-order chi connectivity index (χ0) is 13.1. The van der Waals surface area contributed by atoms with E-state index < -0.39 is 5.97 Å². The molecular formula is C13H8Cl2O3. The zero-order valence-electron chi connectivity index (χ0n) is 9.06. The monoisotopic (exact) mass is 282 g/mol. The van der Waals surface area contributed by atoms with E-state index in [2.05, 4.69) is 0 Å². The minimum Gasteiger partial charge on any atom is -0.478 e. The van der Waals surface area contributed by atoms with Gasteiger partial charge in [-0.25, -0.2) is 4.79 Å². The second-order valence-electron chi connectivity index (χ2n) is 3.48. The maximum Gasteiger partial charge on any atom is 0.339 e. The number of aromatic carboxylic acids is 1. The van der Waals surface area contributed by atoms with Gasteiger partial charge in [0.1, 0.15) is 17.1 Å². The molecule has 2 aromatic carbocycles. The lowest BCUT2D eigenvalue weighted by atomic mass is 10.2. The van der Waals surface area contributed by atoms with Crippen molar-refractivity contribution in [3.05, 3.63) is 58.1 Å². The van der Waals surface area contributed by atoms with E-state index in [4.69, 9.17) is 33.0 Å². The van der Waals surface area contributed by atoms with Crippen LogP contribution in [-0.2, 0) is 0 Å². The summed E-state index contributed by atoms with van der Waals surface area (Å²) in [5.41, 5.74) is -0.0116. The Morgan fingerprint density at radius 1 is 1.06 bits per heavy atom. The number of carbonyl (C=O) groups is 1. The Hall–Kier alpha value is -1.71. The van der Waals surface area contributed by atoms with Crippen molar-refractivity contribution in [2.75, 3.05) is 0 Å². The van der Waals surface area contributed by atoms with Crippen LogP contribution in [0.4, 0.5) is 0 Å². The first-order chi connectivity index (χ1) is 8.58. The standard InChI is InChI=1S/C13H8Cl2O3/c14-8-5-6-11(9(7-8)13(16)17)18-12-4-2-1-3-10(12)15/h1-7H,(H,16,17). The molecule has 2 aromatic rings.